The van der Waals surface area contributed by atoms with Gasteiger partial charge in [-0.25, -0.2) is 9.98 Å². The highest BCUT2D eigenvalue weighted by Gasteiger charge is 2.30. The van der Waals surface area contributed by atoms with Crippen LogP contribution in [0, 0.1) is 6.92 Å². The number of alkyl halides is 3. The highest BCUT2D eigenvalue weighted by Crippen LogP contribution is 2.32. The van der Waals surface area contributed by atoms with Crippen LogP contribution in [0.15, 0.2) is 35.3 Å². The molecule has 0 spiro atoms. The molecule has 0 aliphatic carbocycles. The topological polar surface area (TPSA) is 47.0 Å². The summed E-state index contributed by atoms with van der Waals surface area (Å²) in [6.45, 7) is 6.34. The Labute approximate surface area is 173 Å². The van der Waals surface area contributed by atoms with E-state index in [2.05, 4.69) is 9.98 Å². The van der Waals surface area contributed by atoms with E-state index >= 15 is 0 Å². The number of aryl methyl sites for hydroxylation is 1. The molecule has 0 amide bonds. The Morgan fingerprint density at radius 1 is 1.31 bits per heavy atom. The van der Waals surface area contributed by atoms with Gasteiger partial charge in [-0.3, -0.25) is 0 Å². The summed E-state index contributed by atoms with van der Waals surface area (Å²) >= 11 is 6.24. The molecule has 1 unspecified atom stereocenters. The van der Waals surface area contributed by atoms with Gasteiger partial charge >= 0.3 is 6.18 Å². The third-order valence-electron chi connectivity index (χ3n) is 3.96. The highest BCUT2D eigenvalue weighted by atomic mass is 35.5. The molecule has 0 saturated heterocycles. The van der Waals surface area contributed by atoms with Crippen molar-refractivity contribution in [2.45, 2.75) is 33.1 Å². The number of hydrogen-bond acceptors (Lipinski definition) is 4. The van der Waals surface area contributed by atoms with Gasteiger partial charge in [-0.05, 0) is 45.0 Å². The molecule has 0 bridgehead atoms. The van der Waals surface area contributed by atoms with E-state index in [-0.39, 0.29) is 23.3 Å². The second-order valence-corrected chi connectivity index (χ2v) is 6.87. The molecule has 0 N–H and O–H groups in total. The van der Waals surface area contributed by atoms with Crippen LogP contribution in [0.25, 0.3) is 0 Å². The zero-order chi connectivity index (χ0) is 21.6. The Balaban J connectivity index is 2.01. The SMILES string of the molecule is CCN(C)/C=N\c1cc(Cl)c(OC(C)COc2cccc(C(F)(F)F)c2)nc1C. The largest absolute Gasteiger partial charge is 0.490 e. The minimum Gasteiger partial charge on any atom is -0.490 e. The molecular weight excluding hydrogens is 407 g/mol. The van der Waals surface area contributed by atoms with E-state index in [4.69, 9.17) is 21.1 Å². The van der Waals surface area contributed by atoms with Crippen molar-refractivity contribution < 1.29 is 22.6 Å². The molecule has 0 aliphatic rings. The van der Waals surface area contributed by atoms with Crippen molar-refractivity contribution in [2.75, 3.05) is 20.2 Å². The number of benzene rings is 1. The first-order valence-corrected chi connectivity index (χ1v) is 9.36. The maximum Gasteiger partial charge on any atom is 0.416 e. The van der Waals surface area contributed by atoms with Crippen LogP contribution >= 0.6 is 11.6 Å². The van der Waals surface area contributed by atoms with Crippen LogP contribution in [0.2, 0.25) is 5.02 Å². The molecule has 0 aliphatic heterocycles. The van der Waals surface area contributed by atoms with Gasteiger partial charge in [0.2, 0.25) is 5.88 Å². The monoisotopic (exact) mass is 429 g/mol. The van der Waals surface area contributed by atoms with E-state index in [9.17, 15) is 13.2 Å². The summed E-state index contributed by atoms with van der Waals surface area (Å²) < 4.78 is 49.4. The number of aliphatic imine (C=N–C) groups is 1. The molecule has 0 fully saturated rings. The smallest absolute Gasteiger partial charge is 0.416 e. The fourth-order valence-electron chi connectivity index (χ4n) is 2.21. The number of pyridine rings is 1. The van der Waals surface area contributed by atoms with Crippen molar-refractivity contribution in [3.05, 3.63) is 46.6 Å². The first-order valence-electron chi connectivity index (χ1n) is 8.98. The minimum absolute atomic E-state index is 0.0273. The average molecular weight is 430 g/mol. The third kappa shape index (κ3) is 6.81. The molecule has 0 radical (unpaired) electrons. The first kappa shape index (κ1) is 22.8. The third-order valence-corrected chi connectivity index (χ3v) is 4.23. The molecule has 1 aromatic carbocycles. The number of rotatable bonds is 8. The maximum absolute atomic E-state index is 12.8. The van der Waals surface area contributed by atoms with Crippen LogP contribution < -0.4 is 9.47 Å². The fraction of sp³-hybridized carbons (Fsp3) is 0.400. The van der Waals surface area contributed by atoms with Crippen molar-refractivity contribution in [3.8, 4) is 11.6 Å². The molecule has 29 heavy (non-hydrogen) atoms. The lowest BCUT2D eigenvalue weighted by Gasteiger charge is -2.17. The Kier molecular flexibility index (Phi) is 7.73. The van der Waals surface area contributed by atoms with Crippen molar-refractivity contribution in [1.29, 1.82) is 0 Å². The molecule has 2 aromatic rings. The van der Waals surface area contributed by atoms with Crippen LogP contribution in [0.5, 0.6) is 11.6 Å². The van der Waals surface area contributed by atoms with Gasteiger partial charge in [0.1, 0.15) is 23.5 Å². The predicted octanol–water partition coefficient (Wildman–Crippen LogP) is 5.52. The van der Waals surface area contributed by atoms with Crippen molar-refractivity contribution in [3.63, 3.8) is 0 Å². The van der Waals surface area contributed by atoms with Gasteiger partial charge in [0.25, 0.3) is 0 Å². The molecule has 1 heterocycles. The fourth-order valence-corrected chi connectivity index (χ4v) is 2.40. The lowest BCUT2D eigenvalue weighted by molar-refractivity contribution is -0.137. The standard InChI is InChI=1S/C20H23ClF3N3O2/c1-5-27(4)12-25-18-10-17(21)19(26-14(18)3)29-13(2)11-28-16-8-6-7-15(9-16)20(22,23)24/h6-10,12-13H,5,11H2,1-4H3/b25-12-. The van der Waals surface area contributed by atoms with E-state index in [0.29, 0.717) is 11.4 Å². The number of nitrogens with zero attached hydrogens (tertiary/aromatic N) is 3. The lowest BCUT2D eigenvalue weighted by atomic mass is 10.2. The van der Waals surface area contributed by atoms with E-state index in [1.54, 1.807) is 26.3 Å². The second kappa shape index (κ2) is 9.82. The summed E-state index contributed by atoms with van der Waals surface area (Å²) in [6.07, 6.45) is -3.23. The molecule has 1 atom stereocenters. The predicted molar refractivity (Wildman–Crippen MR) is 107 cm³/mol. The van der Waals surface area contributed by atoms with E-state index < -0.39 is 17.8 Å². The van der Waals surface area contributed by atoms with E-state index in [1.807, 2.05) is 18.9 Å². The Morgan fingerprint density at radius 2 is 2.03 bits per heavy atom. The Bertz CT molecular complexity index is 859. The van der Waals surface area contributed by atoms with Crippen LogP contribution in [-0.2, 0) is 6.18 Å². The molecule has 2 rings (SSSR count). The minimum atomic E-state index is -4.42. The molecule has 5 nitrogen and oxygen atoms in total. The summed E-state index contributed by atoms with van der Waals surface area (Å²) in [5.41, 5.74) is 0.487. The lowest BCUT2D eigenvalue weighted by Crippen LogP contribution is -2.22. The highest BCUT2D eigenvalue weighted by molar-refractivity contribution is 6.32. The summed E-state index contributed by atoms with van der Waals surface area (Å²) in [7, 11) is 1.90. The number of ether oxygens (including phenoxy) is 2. The van der Waals surface area contributed by atoms with Crippen molar-refractivity contribution >= 4 is 23.6 Å². The van der Waals surface area contributed by atoms with Crippen LogP contribution in [-0.4, -0.2) is 42.5 Å². The molecule has 1 aromatic heterocycles. The molecule has 0 saturated carbocycles. The van der Waals surface area contributed by atoms with Crippen molar-refractivity contribution in [1.82, 2.24) is 9.88 Å². The number of hydrogen-bond donors (Lipinski definition) is 0. The van der Waals surface area contributed by atoms with Gasteiger partial charge in [0.15, 0.2) is 0 Å². The summed E-state index contributed by atoms with van der Waals surface area (Å²) in [4.78, 5) is 10.6. The first-order chi connectivity index (χ1) is 13.6. The van der Waals surface area contributed by atoms with Gasteiger partial charge in [-0.1, -0.05) is 17.7 Å². The van der Waals surface area contributed by atoms with Gasteiger partial charge < -0.3 is 14.4 Å². The molecule has 158 valence electrons. The average Bonchev–Trinajstić information content (AvgIpc) is 2.67. The van der Waals surface area contributed by atoms with E-state index in [1.165, 1.54) is 12.1 Å². The van der Waals surface area contributed by atoms with E-state index in [0.717, 1.165) is 18.7 Å². The number of halogens is 4. The van der Waals surface area contributed by atoms with Crippen molar-refractivity contribution in [2.24, 2.45) is 4.99 Å². The summed E-state index contributed by atoms with van der Waals surface area (Å²) in [5.74, 6) is 0.322. The normalized spacial score (nSPS) is 12.8. The maximum atomic E-state index is 12.8. The van der Waals surface area contributed by atoms with Gasteiger partial charge in [0.05, 0.1) is 23.3 Å². The summed E-state index contributed by atoms with van der Waals surface area (Å²) in [6, 6.07) is 6.33. The van der Waals surface area contributed by atoms with Gasteiger partial charge in [-0.2, -0.15) is 13.2 Å². The zero-order valence-electron chi connectivity index (χ0n) is 16.6. The number of aromatic nitrogens is 1. The second-order valence-electron chi connectivity index (χ2n) is 6.46. The quantitative estimate of drug-likeness (QED) is 0.409. The van der Waals surface area contributed by atoms with Gasteiger partial charge in [-0.15, -0.1) is 0 Å². The van der Waals surface area contributed by atoms with Gasteiger partial charge in [0, 0.05) is 13.6 Å². The van der Waals surface area contributed by atoms with Crippen LogP contribution in [0.4, 0.5) is 18.9 Å². The molecular formula is C20H23ClF3N3O2. The zero-order valence-corrected chi connectivity index (χ0v) is 17.4. The van der Waals surface area contributed by atoms with Crippen LogP contribution in [0.1, 0.15) is 25.1 Å². The molecule has 9 heteroatoms. The van der Waals surface area contributed by atoms with Crippen LogP contribution in [0.3, 0.4) is 0 Å². The Morgan fingerprint density at radius 3 is 2.69 bits per heavy atom. The Hall–Kier alpha value is -2.48. The summed E-state index contributed by atoms with van der Waals surface area (Å²) in [5, 5.41) is 0.285.